The van der Waals surface area contributed by atoms with Crippen molar-refractivity contribution in [3.05, 3.63) is 12.4 Å². The molecule has 5 nitrogen and oxygen atoms in total. The molecule has 5 heteroatoms. The Morgan fingerprint density at radius 3 is 3.00 bits per heavy atom. The summed E-state index contributed by atoms with van der Waals surface area (Å²) in [7, 11) is 0. The van der Waals surface area contributed by atoms with Gasteiger partial charge in [-0.15, -0.1) is 0 Å². The third-order valence-corrected chi connectivity index (χ3v) is 3.76. The molecule has 1 unspecified atom stereocenters. The molecule has 1 N–H and O–H groups in total. The smallest absolute Gasteiger partial charge is 0.203 e. The molecular formula is C13H21N3O2. The average Bonchev–Trinajstić information content (AvgIpc) is 3.08. The summed E-state index contributed by atoms with van der Waals surface area (Å²) in [6, 6.07) is 0.624. The molecule has 1 aromatic rings. The maximum Gasteiger partial charge on any atom is 0.203 e. The van der Waals surface area contributed by atoms with E-state index in [1.807, 2.05) is 6.20 Å². The first-order chi connectivity index (χ1) is 8.93. The number of ether oxygens (including phenoxy) is 2. The molecule has 0 aromatic carbocycles. The molecule has 2 fully saturated rings. The molecule has 1 aliphatic heterocycles. The molecule has 0 amide bonds. The van der Waals surface area contributed by atoms with Crippen molar-refractivity contribution in [2.24, 2.45) is 0 Å². The average molecular weight is 251 g/mol. The number of nitrogens with zero attached hydrogens (tertiary/aromatic N) is 2. The Morgan fingerprint density at radius 2 is 2.22 bits per heavy atom. The van der Waals surface area contributed by atoms with Crippen LogP contribution in [-0.2, 0) is 9.47 Å². The van der Waals surface area contributed by atoms with Gasteiger partial charge in [0.25, 0.3) is 0 Å². The fourth-order valence-corrected chi connectivity index (χ4v) is 2.79. The van der Waals surface area contributed by atoms with Crippen molar-refractivity contribution in [1.82, 2.24) is 9.55 Å². The van der Waals surface area contributed by atoms with Crippen LogP contribution in [0.1, 0.15) is 31.7 Å². The summed E-state index contributed by atoms with van der Waals surface area (Å²) in [6.07, 6.45) is 9.31. The number of rotatable bonds is 4. The van der Waals surface area contributed by atoms with Crippen LogP contribution >= 0.6 is 0 Å². The third-order valence-electron chi connectivity index (χ3n) is 3.76. The minimum Gasteiger partial charge on any atom is -0.376 e. The molecule has 2 heterocycles. The molecule has 18 heavy (non-hydrogen) atoms. The zero-order valence-corrected chi connectivity index (χ0v) is 10.7. The molecule has 1 saturated carbocycles. The van der Waals surface area contributed by atoms with Crippen LogP contribution in [0.3, 0.4) is 0 Å². The van der Waals surface area contributed by atoms with E-state index in [2.05, 4.69) is 21.1 Å². The lowest BCUT2D eigenvalue weighted by Gasteiger charge is -2.24. The van der Waals surface area contributed by atoms with E-state index in [4.69, 9.17) is 9.47 Å². The quantitative estimate of drug-likeness (QED) is 0.887. The standard InChI is InChI=1S/C13H21N3O2/c1-2-4-11(3-1)16-6-5-14-13(16)15-9-12-10-17-7-8-18-12/h5-6,11-12H,1-4,7-10H2,(H,14,15). The SMILES string of the molecule is c1cn(C2CCCC2)c(NCC2COCCO2)n1. The number of hydrogen-bond acceptors (Lipinski definition) is 4. The molecule has 3 rings (SSSR count). The van der Waals surface area contributed by atoms with Crippen molar-refractivity contribution < 1.29 is 9.47 Å². The highest BCUT2D eigenvalue weighted by Gasteiger charge is 2.20. The lowest BCUT2D eigenvalue weighted by atomic mass is 10.2. The van der Waals surface area contributed by atoms with Gasteiger partial charge in [-0.1, -0.05) is 12.8 Å². The van der Waals surface area contributed by atoms with Gasteiger partial charge in [-0.2, -0.15) is 0 Å². The van der Waals surface area contributed by atoms with Gasteiger partial charge in [-0.25, -0.2) is 4.98 Å². The van der Waals surface area contributed by atoms with Crippen LogP contribution in [0, 0.1) is 0 Å². The summed E-state index contributed by atoms with van der Waals surface area (Å²) < 4.78 is 13.3. The van der Waals surface area contributed by atoms with Gasteiger partial charge >= 0.3 is 0 Å². The first-order valence-corrected chi connectivity index (χ1v) is 6.89. The number of nitrogens with one attached hydrogen (secondary N) is 1. The zero-order valence-electron chi connectivity index (χ0n) is 10.7. The minimum atomic E-state index is 0.146. The number of imidazole rings is 1. The van der Waals surface area contributed by atoms with E-state index in [1.54, 1.807) is 0 Å². The fourth-order valence-electron chi connectivity index (χ4n) is 2.79. The van der Waals surface area contributed by atoms with Gasteiger partial charge in [0.15, 0.2) is 0 Å². The van der Waals surface area contributed by atoms with Gasteiger partial charge < -0.3 is 19.4 Å². The molecule has 0 spiro atoms. The van der Waals surface area contributed by atoms with Gasteiger partial charge in [0.1, 0.15) is 0 Å². The van der Waals surface area contributed by atoms with E-state index in [1.165, 1.54) is 25.7 Å². The Morgan fingerprint density at radius 1 is 1.33 bits per heavy atom. The predicted octanol–water partition coefficient (Wildman–Crippen LogP) is 1.83. The molecule has 100 valence electrons. The summed E-state index contributed by atoms with van der Waals surface area (Å²) in [5.41, 5.74) is 0. The van der Waals surface area contributed by atoms with E-state index in [0.29, 0.717) is 25.9 Å². The summed E-state index contributed by atoms with van der Waals surface area (Å²) in [6.45, 7) is 2.86. The second-order valence-electron chi connectivity index (χ2n) is 5.05. The summed E-state index contributed by atoms with van der Waals surface area (Å²) >= 11 is 0. The fraction of sp³-hybridized carbons (Fsp3) is 0.769. The van der Waals surface area contributed by atoms with E-state index >= 15 is 0 Å². The highest BCUT2D eigenvalue weighted by atomic mass is 16.6. The topological polar surface area (TPSA) is 48.3 Å². The number of hydrogen-bond donors (Lipinski definition) is 1. The van der Waals surface area contributed by atoms with E-state index in [9.17, 15) is 0 Å². The zero-order chi connectivity index (χ0) is 12.2. The molecule has 1 aliphatic carbocycles. The van der Waals surface area contributed by atoms with Crippen LogP contribution in [0.15, 0.2) is 12.4 Å². The first kappa shape index (κ1) is 12.0. The first-order valence-electron chi connectivity index (χ1n) is 6.89. The maximum absolute atomic E-state index is 5.62. The molecule has 0 radical (unpaired) electrons. The van der Waals surface area contributed by atoms with Crippen LogP contribution in [0.4, 0.5) is 5.95 Å². The Hall–Kier alpha value is -1.07. The monoisotopic (exact) mass is 251 g/mol. The minimum absolute atomic E-state index is 0.146. The summed E-state index contributed by atoms with van der Waals surface area (Å²) in [5, 5.41) is 3.39. The van der Waals surface area contributed by atoms with Crippen LogP contribution in [0.2, 0.25) is 0 Å². The molecule has 2 aliphatic rings. The van der Waals surface area contributed by atoms with Crippen molar-refractivity contribution in [2.45, 2.75) is 37.8 Å². The lowest BCUT2D eigenvalue weighted by Crippen LogP contribution is -2.34. The molecule has 0 bridgehead atoms. The maximum atomic E-state index is 5.62. The van der Waals surface area contributed by atoms with Gasteiger partial charge in [0.05, 0.1) is 25.9 Å². The van der Waals surface area contributed by atoms with Crippen molar-refractivity contribution in [3.63, 3.8) is 0 Å². The van der Waals surface area contributed by atoms with Gasteiger partial charge in [-0.05, 0) is 12.8 Å². The Labute approximate surface area is 107 Å². The van der Waals surface area contributed by atoms with Crippen LogP contribution < -0.4 is 5.32 Å². The second-order valence-corrected chi connectivity index (χ2v) is 5.05. The Kier molecular flexibility index (Phi) is 3.81. The molecular weight excluding hydrogens is 230 g/mol. The highest BCUT2D eigenvalue weighted by molar-refractivity contribution is 5.27. The molecule has 1 aromatic heterocycles. The summed E-state index contributed by atoms with van der Waals surface area (Å²) in [5.74, 6) is 0.969. The van der Waals surface area contributed by atoms with E-state index in [-0.39, 0.29) is 6.10 Å². The van der Waals surface area contributed by atoms with E-state index < -0.39 is 0 Å². The van der Waals surface area contributed by atoms with Crippen molar-refractivity contribution in [1.29, 1.82) is 0 Å². The Balaban J connectivity index is 1.56. The predicted molar refractivity (Wildman–Crippen MR) is 68.8 cm³/mol. The van der Waals surface area contributed by atoms with Crippen LogP contribution in [-0.4, -0.2) is 42.0 Å². The Bertz CT molecular complexity index is 368. The molecule has 1 saturated heterocycles. The van der Waals surface area contributed by atoms with Gasteiger partial charge in [0.2, 0.25) is 5.95 Å². The highest BCUT2D eigenvalue weighted by Crippen LogP contribution is 2.31. The van der Waals surface area contributed by atoms with E-state index in [0.717, 1.165) is 12.5 Å². The normalized spacial score (nSPS) is 25.4. The van der Waals surface area contributed by atoms with Gasteiger partial charge in [-0.3, -0.25) is 0 Å². The largest absolute Gasteiger partial charge is 0.376 e. The molecule has 1 atom stereocenters. The van der Waals surface area contributed by atoms with Gasteiger partial charge in [0, 0.05) is 25.0 Å². The second kappa shape index (κ2) is 5.71. The third kappa shape index (κ3) is 2.67. The number of aromatic nitrogens is 2. The van der Waals surface area contributed by atoms with Crippen LogP contribution in [0.5, 0.6) is 0 Å². The number of anilines is 1. The summed E-state index contributed by atoms with van der Waals surface area (Å²) in [4.78, 5) is 4.40. The lowest BCUT2D eigenvalue weighted by molar-refractivity contribution is -0.0819. The van der Waals surface area contributed by atoms with Crippen molar-refractivity contribution in [3.8, 4) is 0 Å². The van der Waals surface area contributed by atoms with Crippen molar-refractivity contribution >= 4 is 5.95 Å². The van der Waals surface area contributed by atoms with Crippen molar-refractivity contribution in [2.75, 3.05) is 31.7 Å². The van der Waals surface area contributed by atoms with Crippen LogP contribution in [0.25, 0.3) is 0 Å².